The molecule has 0 amide bonds. The molecule has 1 heterocycles. The lowest BCUT2D eigenvalue weighted by molar-refractivity contribution is 0.616. The largest absolute Gasteiger partial charge is 0.306 e. The molecular formula is C13H16FN3S. The number of nitrogens with zero attached hydrogens (tertiary/aromatic N) is 3. The van der Waals surface area contributed by atoms with Crippen molar-refractivity contribution in [2.45, 2.75) is 37.7 Å². The van der Waals surface area contributed by atoms with Crippen LogP contribution in [0.5, 0.6) is 0 Å². The van der Waals surface area contributed by atoms with Gasteiger partial charge in [-0.2, -0.15) is 0 Å². The van der Waals surface area contributed by atoms with Crippen LogP contribution in [0.1, 0.15) is 25.2 Å². The molecule has 0 aliphatic heterocycles. The Labute approximate surface area is 110 Å². The maximum Gasteiger partial charge on any atom is 0.191 e. The van der Waals surface area contributed by atoms with E-state index in [4.69, 9.17) is 0 Å². The van der Waals surface area contributed by atoms with Crippen molar-refractivity contribution in [1.82, 2.24) is 14.8 Å². The fraction of sp³-hybridized carbons (Fsp3) is 0.385. The summed E-state index contributed by atoms with van der Waals surface area (Å²) in [5.41, 5.74) is 0.700. The van der Waals surface area contributed by atoms with Crippen LogP contribution in [0.25, 0.3) is 0 Å². The lowest BCUT2D eigenvalue weighted by atomic mass is 10.2. The lowest BCUT2D eigenvalue weighted by Gasteiger charge is -2.06. The minimum atomic E-state index is -0.164. The molecule has 1 aromatic carbocycles. The predicted molar refractivity (Wildman–Crippen MR) is 71.0 cm³/mol. The third kappa shape index (κ3) is 2.72. The Kier molecular flexibility index (Phi) is 4.36. The summed E-state index contributed by atoms with van der Waals surface area (Å²) in [5, 5.41) is 9.15. The molecule has 0 unspecified atom stereocenters. The monoisotopic (exact) mass is 265 g/mol. The third-order valence-electron chi connectivity index (χ3n) is 2.74. The molecule has 0 bridgehead atoms. The van der Waals surface area contributed by atoms with Gasteiger partial charge in [0.2, 0.25) is 0 Å². The van der Waals surface area contributed by atoms with Crippen molar-refractivity contribution in [3.63, 3.8) is 0 Å². The van der Waals surface area contributed by atoms with E-state index in [0.29, 0.717) is 11.3 Å². The first-order chi connectivity index (χ1) is 8.76. The van der Waals surface area contributed by atoms with Crippen molar-refractivity contribution in [1.29, 1.82) is 0 Å². The Morgan fingerprint density at radius 1 is 1.22 bits per heavy atom. The van der Waals surface area contributed by atoms with Gasteiger partial charge in [0, 0.05) is 18.7 Å². The van der Waals surface area contributed by atoms with E-state index in [1.54, 1.807) is 12.1 Å². The first-order valence-corrected chi connectivity index (χ1v) is 7.03. The Morgan fingerprint density at radius 3 is 2.67 bits per heavy atom. The molecule has 2 aromatic rings. The van der Waals surface area contributed by atoms with E-state index in [9.17, 15) is 4.39 Å². The topological polar surface area (TPSA) is 30.7 Å². The summed E-state index contributed by atoms with van der Waals surface area (Å²) >= 11 is 1.52. The minimum absolute atomic E-state index is 0.164. The Bertz CT molecular complexity index is 525. The fourth-order valence-corrected chi connectivity index (χ4v) is 2.77. The second-order valence-corrected chi connectivity index (χ2v) is 4.82. The van der Waals surface area contributed by atoms with Gasteiger partial charge in [-0.15, -0.1) is 10.2 Å². The summed E-state index contributed by atoms with van der Waals surface area (Å²) in [4.78, 5) is 0. The summed E-state index contributed by atoms with van der Waals surface area (Å²) in [6.45, 7) is 4.97. The van der Waals surface area contributed by atoms with E-state index >= 15 is 0 Å². The Morgan fingerprint density at radius 2 is 2.00 bits per heavy atom. The number of aromatic nitrogens is 3. The van der Waals surface area contributed by atoms with Gasteiger partial charge in [0.25, 0.3) is 0 Å². The number of hydrogen-bond acceptors (Lipinski definition) is 3. The van der Waals surface area contributed by atoms with E-state index in [1.165, 1.54) is 17.8 Å². The second-order valence-electron chi connectivity index (χ2n) is 3.88. The molecule has 0 N–H and O–H groups in total. The normalized spacial score (nSPS) is 10.8. The van der Waals surface area contributed by atoms with Gasteiger partial charge in [0.15, 0.2) is 5.16 Å². The zero-order valence-electron chi connectivity index (χ0n) is 10.6. The zero-order chi connectivity index (χ0) is 13.0. The molecule has 96 valence electrons. The van der Waals surface area contributed by atoms with Crippen molar-refractivity contribution in [2.75, 3.05) is 0 Å². The first-order valence-electron chi connectivity index (χ1n) is 6.04. The second kappa shape index (κ2) is 6.00. The molecular weight excluding hydrogens is 249 g/mol. The van der Waals surface area contributed by atoms with Crippen LogP contribution in [0.4, 0.5) is 4.39 Å². The molecule has 0 spiro atoms. The van der Waals surface area contributed by atoms with E-state index in [1.807, 2.05) is 6.07 Å². The number of thioether (sulfide) groups is 1. The fourth-order valence-electron chi connectivity index (χ4n) is 1.76. The maximum absolute atomic E-state index is 13.5. The number of hydrogen-bond donors (Lipinski definition) is 0. The highest BCUT2D eigenvalue weighted by atomic mass is 32.2. The van der Waals surface area contributed by atoms with E-state index < -0.39 is 0 Å². The van der Waals surface area contributed by atoms with Crippen LogP contribution in [0, 0.1) is 5.82 Å². The number of rotatable bonds is 5. The van der Waals surface area contributed by atoms with Crippen molar-refractivity contribution >= 4 is 11.8 Å². The highest BCUT2D eigenvalue weighted by Gasteiger charge is 2.10. The number of aryl methyl sites for hydroxylation is 1. The number of halogens is 1. The van der Waals surface area contributed by atoms with Gasteiger partial charge in [0.1, 0.15) is 11.6 Å². The van der Waals surface area contributed by atoms with Crippen LogP contribution < -0.4 is 0 Å². The van der Waals surface area contributed by atoms with E-state index in [-0.39, 0.29) is 5.82 Å². The van der Waals surface area contributed by atoms with Gasteiger partial charge >= 0.3 is 0 Å². The summed E-state index contributed by atoms with van der Waals surface area (Å²) in [6.07, 6.45) is 0.862. The summed E-state index contributed by atoms with van der Waals surface area (Å²) in [5.74, 6) is 1.39. The van der Waals surface area contributed by atoms with E-state index in [2.05, 4.69) is 28.6 Å². The molecule has 0 aliphatic rings. The van der Waals surface area contributed by atoms with Crippen LogP contribution in [0.15, 0.2) is 29.4 Å². The molecule has 0 saturated heterocycles. The zero-order valence-corrected chi connectivity index (χ0v) is 11.4. The first kappa shape index (κ1) is 13.1. The van der Waals surface area contributed by atoms with Crippen molar-refractivity contribution in [2.24, 2.45) is 0 Å². The third-order valence-corrected chi connectivity index (χ3v) is 3.76. The lowest BCUT2D eigenvalue weighted by Crippen LogP contribution is -2.02. The van der Waals surface area contributed by atoms with Gasteiger partial charge in [0.05, 0.1) is 0 Å². The Hall–Kier alpha value is -1.36. The van der Waals surface area contributed by atoms with Crippen LogP contribution >= 0.6 is 11.8 Å². The van der Waals surface area contributed by atoms with Gasteiger partial charge in [-0.3, -0.25) is 0 Å². The molecule has 3 nitrogen and oxygen atoms in total. The molecule has 0 saturated carbocycles. The van der Waals surface area contributed by atoms with Crippen LogP contribution in [-0.4, -0.2) is 14.8 Å². The molecule has 5 heteroatoms. The van der Waals surface area contributed by atoms with Crippen molar-refractivity contribution in [3.8, 4) is 0 Å². The van der Waals surface area contributed by atoms with Gasteiger partial charge in [-0.1, -0.05) is 36.9 Å². The number of benzene rings is 1. The molecule has 0 atom stereocenters. The highest BCUT2D eigenvalue weighted by molar-refractivity contribution is 7.98. The van der Waals surface area contributed by atoms with Gasteiger partial charge in [-0.05, 0) is 18.6 Å². The standard InChI is InChI=1S/C13H16FN3S/c1-3-12-15-16-13(17(12)4-2)18-9-10-7-5-6-8-11(10)14/h5-8H,3-4,9H2,1-2H3. The molecule has 0 radical (unpaired) electrons. The predicted octanol–water partition coefficient (Wildman–Crippen LogP) is 3.29. The van der Waals surface area contributed by atoms with Crippen LogP contribution in [-0.2, 0) is 18.7 Å². The van der Waals surface area contributed by atoms with Crippen LogP contribution in [0.3, 0.4) is 0 Å². The molecule has 2 rings (SSSR count). The summed E-state index contributed by atoms with van der Waals surface area (Å²) in [7, 11) is 0. The SMILES string of the molecule is CCc1nnc(SCc2ccccc2F)n1CC. The smallest absolute Gasteiger partial charge is 0.191 e. The van der Waals surface area contributed by atoms with E-state index in [0.717, 1.165) is 23.9 Å². The van der Waals surface area contributed by atoms with Crippen molar-refractivity contribution in [3.05, 3.63) is 41.5 Å². The quantitative estimate of drug-likeness (QED) is 0.777. The van der Waals surface area contributed by atoms with Gasteiger partial charge in [-0.25, -0.2) is 4.39 Å². The molecule has 1 aromatic heterocycles. The summed E-state index contributed by atoms with van der Waals surface area (Å²) in [6, 6.07) is 6.84. The van der Waals surface area contributed by atoms with Crippen LogP contribution in [0.2, 0.25) is 0 Å². The summed E-state index contributed by atoms with van der Waals surface area (Å²) < 4.78 is 15.6. The van der Waals surface area contributed by atoms with Gasteiger partial charge < -0.3 is 4.57 Å². The minimum Gasteiger partial charge on any atom is -0.306 e. The molecule has 0 aliphatic carbocycles. The molecule has 0 fully saturated rings. The average Bonchev–Trinajstić information content (AvgIpc) is 2.79. The highest BCUT2D eigenvalue weighted by Crippen LogP contribution is 2.23. The Balaban J connectivity index is 2.11. The maximum atomic E-state index is 13.5. The molecule has 18 heavy (non-hydrogen) atoms. The average molecular weight is 265 g/mol. The van der Waals surface area contributed by atoms with Crippen molar-refractivity contribution < 1.29 is 4.39 Å².